The molecule has 0 bridgehead atoms. The SMILES string of the molecule is CC(C)S(=O)(=O)NC(=O)CC1CNCCO1. The van der Waals surface area contributed by atoms with Crippen molar-refractivity contribution in [3.05, 3.63) is 0 Å². The Kier molecular flexibility index (Phi) is 4.69. The van der Waals surface area contributed by atoms with Gasteiger partial charge in [0.1, 0.15) is 0 Å². The van der Waals surface area contributed by atoms with Gasteiger partial charge in [-0.2, -0.15) is 0 Å². The molecule has 0 aromatic heterocycles. The van der Waals surface area contributed by atoms with Crippen molar-refractivity contribution in [1.82, 2.24) is 10.0 Å². The topological polar surface area (TPSA) is 84.5 Å². The largest absolute Gasteiger partial charge is 0.375 e. The van der Waals surface area contributed by atoms with Crippen molar-refractivity contribution < 1.29 is 17.9 Å². The minimum Gasteiger partial charge on any atom is -0.375 e. The molecule has 1 atom stereocenters. The molecular formula is C9H18N2O4S. The summed E-state index contributed by atoms with van der Waals surface area (Å²) in [6.07, 6.45) is -0.171. The van der Waals surface area contributed by atoms with E-state index in [1.54, 1.807) is 0 Å². The average molecular weight is 250 g/mol. The van der Waals surface area contributed by atoms with Gasteiger partial charge < -0.3 is 10.1 Å². The van der Waals surface area contributed by atoms with Gasteiger partial charge in [0, 0.05) is 13.1 Å². The monoisotopic (exact) mass is 250 g/mol. The Balaban J connectivity index is 2.41. The van der Waals surface area contributed by atoms with Crippen LogP contribution in [-0.2, 0) is 19.6 Å². The van der Waals surface area contributed by atoms with E-state index in [0.29, 0.717) is 13.2 Å². The van der Waals surface area contributed by atoms with E-state index in [9.17, 15) is 13.2 Å². The highest BCUT2D eigenvalue weighted by Gasteiger charge is 2.22. The number of morpholine rings is 1. The van der Waals surface area contributed by atoms with Crippen LogP contribution in [0, 0.1) is 0 Å². The fourth-order valence-electron chi connectivity index (χ4n) is 1.28. The van der Waals surface area contributed by atoms with Gasteiger partial charge in [-0.3, -0.25) is 9.52 Å². The summed E-state index contributed by atoms with van der Waals surface area (Å²) in [7, 11) is -3.52. The molecule has 7 heteroatoms. The van der Waals surface area contributed by atoms with Crippen molar-refractivity contribution in [3.8, 4) is 0 Å². The van der Waals surface area contributed by atoms with Crippen LogP contribution in [-0.4, -0.2) is 45.4 Å². The number of amides is 1. The molecule has 6 nitrogen and oxygen atoms in total. The van der Waals surface area contributed by atoms with E-state index in [1.807, 2.05) is 4.72 Å². The molecule has 1 rings (SSSR count). The summed E-state index contributed by atoms with van der Waals surface area (Å²) in [6.45, 7) is 4.94. The van der Waals surface area contributed by atoms with Crippen LogP contribution in [0.15, 0.2) is 0 Å². The highest BCUT2D eigenvalue weighted by molar-refractivity contribution is 7.90. The lowest BCUT2D eigenvalue weighted by Gasteiger charge is -2.23. The molecule has 0 aromatic carbocycles. The lowest BCUT2D eigenvalue weighted by atomic mass is 10.2. The molecule has 2 N–H and O–H groups in total. The maximum Gasteiger partial charge on any atom is 0.237 e. The van der Waals surface area contributed by atoms with Gasteiger partial charge in [0.05, 0.1) is 24.4 Å². The summed E-state index contributed by atoms with van der Waals surface area (Å²) in [5.41, 5.74) is 0. The summed E-state index contributed by atoms with van der Waals surface area (Å²) in [6, 6.07) is 0. The third kappa shape index (κ3) is 4.07. The van der Waals surface area contributed by atoms with Gasteiger partial charge in [-0.25, -0.2) is 8.42 Å². The van der Waals surface area contributed by atoms with Crippen LogP contribution in [0.25, 0.3) is 0 Å². The lowest BCUT2D eigenvalue weighted by molar-refractivity contribution is -0.122. The highest BCUT2D eigenvalue weighted by atomic mass is 32.2. The Morgan fingerprint density at radius 1 is 1.56 bits per heavy atom. The van der Waals surface area contributed by atoms with E-state index in [1.165, 1.54) is 13.8 Å². The minimum absolute atomic E-state index is 0.0684. The number of rotatable bonds is 4. The van der Waals surface area contributed by atoms with Gasteiger partial charge in [0.15, 0.2) is 0 Å². The van der Waals surface area contributed by atoms with Crippen molar-refractivity contribution in [3.63, 3.8) is 0 Å². The summed E-state index contributed by atoms with van der Waals surface area (Å²) in [4.78, 5) is 11.4. The molecule has 1 amide bonds. The molecule has 1 unspecified atom stereocenters. The van der Waals surface area contributed by atoms with E-state index < -0.39 is 21.2 Å². The number of carbonyl (C=O) groups is 1. The van der Waals surface area contributed by atoms with Crippen molar-refractivity contribution in [1.29, 1.82) is 0 Å². The lowest BCUT2D eigenvalue weighted by Crippen LogP contribution is -2.43. The Morgan fingerprint density at radius 2 is 2.25 bits per heavy atom. The van der Waals surface area contributed by atoms with Crippen LogP contribution in [0.3, 0.4) is 0 Å². The van der Waals surface area contributed by atoms with Crippen LogP contribution < -0.4 is 10.0 Å². The normalized spacial score (nSPS) is 22.1. The van der Waals surface area contributed by atoms with Gasteiger partial charge in [0.25, 0.3) is 0 Å². The van der Waals surface area contributed by atoms with E-state index >= 15 is 0 Å². The molecular weight excluding hydrogens is 232 g/mol. The smallest absolute Gasteiger partial charge is 0.237 e. The first-order chi connectivity index (χ1) is 7.42. The summed E-state index contributed by atoms with van der Waals surface area (Å²) in [5.74, 6) is -0.512. The van der Waals surface area contributed by atoms with Crippen molar-refractivity contribution in [2.24, 2.45) is 0 Å². The second kappa shape index (κ2) is 5.60. The molecule has 0 saturated carbocycles. The molecule has 0 spiro atoms. The predicted molar refractivity (Wildman–Crippen MR) is 59.4 cm³/mol. The van der Waals surface area contributed by atoms with Crippen molar-refractivity contribution in [2.45, 2.75) is 31.6 Å². The molecule has 94 valence electrons. The third-order valence-electron chi connectivity index (χ3n) is 2.29. The molecule has 1 aliphatic rings. The maximum atomic E-state index is 11.4. The number of ether oxygens (including phenoxy) is 1. The minimum atomic E-state index is -3.52. The molecule has 1 saturated heterocycles. The van der Waals surface area contributed by atoms with Crippen LogP contribution in [0.4, 0.5) is 0 Å². The van der Waals surface area contributed by atoms with Crippen molar-refractivity contribution >= 4 is 15.9 Å². The molecule has 1 heterocycles. The Hall–Kier alpha value is -0.660. The van der Waals surface area contributed by atoms with Crippen LogP contribution >= 0.6 is 0 Å². The van der Waals surface area contributed by atoms with E-state index in [2.05, 4.69) is 5.32 Å². The quantitative estimate of drug-likeness (QED) is 0.683. The summed E-state index contributed by atoms with van der Waals surface area (Å²) >= 11 is 0. The van der Waals surface area contributed by atoms with Gasteiger partial charge in [-0.1, -0.05) is 0 Å². The molecule has 0 aliphatic carbocycles. The number of sulfonamides is 1. The van der Waals surface area contributed by atoms with E-state index in [4.69, 9.17) is 4.74 Å². The van der Waals surface area contributed by atoms with Crippen LogP contribution in [0.1, 0.15) is 20.3 Å². The number of nitrogens with one attached hydrogen (secondary N) is 2. The summed E-state index contributed by atoms with van der Waals surface area (Å²) < 4.78 is 30.1. The molecule has 1 fully saturated rings. The second-order valence-corrected chi connectivity index (χ2v) is 6.26. The van der Waals surface area contributed by atoms with E-state index in [0.717, 1.165) is 6.54 Å². The van der Waals surface area contributed by atoms with Crippen LogP contribution in [0.5, 0.6) is 0 Å². The second-order valence-electron chi connectivity index (χ2n) is 4.02. The fraction of sp³-hybridized carbons (Fsp3) is 0.889. The van der Waals surface area contributed by atoms with Gasteiger partial charge in [0.2, 0.25) is 15.9 Å². The number of carbonyl (C=O) groups excluding carboxylic acids is 1. The Bertz CT molecular complexity index is 333. The zero-order valence-electron chi connectivity index (χ0n) is 9.52. The third-order valence-corrected chi connectivity index (χ3v) is 4.05. The number of hydrogen-bond donors (Lipinski definition) is 2. The van der Waals surface area contributed by atoms with Crippen LogP contribution in [0.2, 0.25) is 0 Å². The molecule has 0 aromatic rings. The highest BCUT2D eigenvalue weighted by Crippen LogP contribution is 2.03. The molecule has 0 radical (unpaired) electrons. The molecule has 1 aliphatic heterocycles. The zero-order chi connectivity index (χ0) is 12.2. The first kappa shape index (κ1) is 13.4. The van der Waals surface area contributed by atoms with Gasteiger partial charge in [-0.05, 0) is 13.8 Å². The summed E-state index contributed by atoms with van der Waals surface area (Å²) in [5, 5.41) is 2.46. The maximum absolute atomic E-state index is 11.4. The first-order valence-electron chi connectivity index (χ1n) is 5.28. The first-order valence-corrected chi connectivity index (χ1v) is 6.83. The average Bonchev–Trinajstić information content (AvgIpc) is 2.17. The number of hydrogen-bond acceptors (Lipinski definition) is 5. The Morgan fingerprint density at radius 3 is 2.75 bits per heavy atom. The Labute approximate surface area is 95.8 Å². The molecule has 16 heavy (non-hydrogen) atoms. The van der Waals surface area contributed by atoms with Gasteiger partial charge in [-0.15, -0.1) is 0 Å². The van der Waals surface area contributed by atoms with Crippen molar-refractivity contribution in [2.75, 3.05) is 19.7 Å². The van der Waals surface area contributed by atoms with Gasteiger partial charge >= 0.3 is 0 Å². The zero-order valence-corrected chi connectivity index (χ0v) is 10.3. The standard InChI is InChI=1S/C9H18N2O4S/c1-7(2)16(13,14)11-9(12)5-8-6-10-3-4-15-8/h7-8,10H,3-6H2,1-2H3,(H,11,12). The predicted octanol–water partition coefficient (Wildman–Crippen LogP) is -0.781. The van der Waals surface area contributed by atoms with E-state index in [-0.39, 0.29) is 12.5 Å². The fourth-order valence-corrected chi connectivity index (χ4v) is 1.91.